The third-order valence-corrected chi connectivity index (χ3v) is 6.06. The van der Waals surface area contributed by atoms with E-state index in [-0.39, 0.29) is 10.1 Å². The molecule has 0 bridgehead atoms. The molecule has 114 valence electrons. The smallest absolute Gasteiger partial charge is 0.242 e. The molecule has 0 aliphatic carbocycles. The molecule has 0 spiro atoms. The van der Waals surface area contributed by atoms with Gasteiger partial charge in [-0.15, -0.1) is 0 Å². The van der Waals surface area contributed by atoms with Crippen LogP contribution in [0.25, 0.3) is 0 Å². The first-order chi connectivity index (χ1) is 9.16. The zero-order valence-corrected chi connectivity index (χ0v) is 13.7. The Balaban J connectivity index is 3.02. The van der Waals surface area contributed by atoms with Gasteiger partial charge in [0, 0.05) is 42.9 Å². The topological polar surface area (TPSA) is 92.5 Å². The average molecular weight is 319 g/mol. The summed E-state index contributed by atoms with van der Waals surface area (Å²) in [5.74, 6) is 0. The molecule has 20 heavy (non-hydrogen) atoms. The Bertz CT molecular complexity index is 600. The Labute approximate surface area is 122 Å². The molecular formula is C12H21N3O3S2. The van der Waals surface area contributed by atoms with Crippen LogP contribution in [0.15, 0.2) is 23.1 Å². The van der Waals surface area contributed by atoms with Crippen LogP contribution in [0.1, 0.15) is 6.92 Å². The van der Waals surface area contributed by atoms with Gasteiger partial charge in [-0.05, 0) is 25.1 Å². The monoisotopic (exact) mass is 319 g/mol. The summed E-state index contributed by atoms with van der Waals surface area (Å²) in [6.45, 7) is 2.30. The van der Waals surface area contributed by atoms with E-state index in [0.29, 0.717) is 17.9 Å². The normalized spacial score (nSPS) is 15.1. The standard InChI is InChI=1S/C12H21N3O3S2/c1-9(19(4)16)8-14-12-7-10(5-6-11(12)13)20(17,18)15(2)3/h5-7,9,14H,8,13H2,1-4H3. The molecule has 1 aromatic carbocycles. The van der Waals surface area contributed by atoms with Crippen molar-refractivity contribution in [2.45, 2.75) is 17.1 Å². The number of nitrogens with zero attached hydrogens (tertiary/aromatic N) is 1. The zero-order valence-electron chi connectivity index (χ0n) is 12.1. The van der Waals surface area contributed by atoms with Crippen molar-refractivity contribution >= 4 is 32.2 Å². The first-order valence-corrected chi connectivity index (χ1v) is 9.10. The van der Waals surface area contributed by atoms with E-state index < -0.39 is 20.8 Å². The second-order valence-corrected chi connectivity index (χ2v) is 8.68. The Morgan fingerprint density at radius 2 is 2.00 bits per heavy atom. The molecule has 3 N–H and O–H groups in total. The lowest BCUT2D eigenvalue weighted by Crippen LogP contribution is -2.23. The molecule has 0 radical (unpaired) electrons. The van der Waals surface area contributed by atoms with Gasteiger partial charge in [-0.3, -0.25) is 4.21 Å². The fourth-order valence-corrected chi connectivity index (χ4v) is 2.68. The Morgan fingerprint density at radius 1 is 1.40 bits per heavy atom. The Morgan fingerprint density at radius 3 is 2.50 bits per heavy atom. The first-order valence-electron chi connectivity index (χ1n) is 6.04. The van der Waals surface area contributed by atoms with Gasteiger partial charge in [0.15, 0.2) is 0 Å². The van der Waals surface area contributed by atoms with Gasteiger partial charge in [0.2, 0.25) is 10.0 Å². The summed E-state index contributed by atoms with van der Waals surface area (Å²) in [6.07, 6.45) is 1.63. The summed E-state index contributed by atoms with van der Waals surface area (Å²) in [7, 11) is -1.50. The molecule has 0 aromatic heterocycles. The minimum atomic E-state index is -3.49. The summed E-state index contributed by atoms with van der Waals surface area (Å²) >= 11 is 0. The van der Waals surface area contributed by atoms with Crippen LogP contribution in [-0.2, 0) is 20.8 Å². The van der Waals surface area contributed by atoms with Crippen molar-refractivity contribution in [3.05, 3.63) is 18.2 Å². The predicted molar refractivity (Wildman–Crippen MR) is 83.7 cm³/mol. The van der Waals surface area contributed by atoms with E-state index in [1.165, 1.54) is 26.2 Å². The molecule has 6 nitrogen and oxygen atoms in total. The van der Waals surface area contributed by atoms with Crippen LogP contribution < -0.4 is 11.1 Å². The number of nitrogens with two attached hydrogens (primary N) is 1. The van der Waals surface area contributed by atoms with Crippen molar-refractivity contribution in [3.63, 3.8) is 0 Å². The molecule has 0 aliphatic heterocycles. The highest BCUT2D eigenvalue weighted by Gasteiger charge is 2.18. The molecular weight excluding hydrogens is 298 g/mol. The quantitative estimate of drug-likeness (QED) is 0.753. The van der Waals surface area contributed by atoms with Crippen LogP contribution in [0.4, 0.5) is 11.4 Å². The third-order valence-electron chi connectivity index (χ3n) is 2.95. The van der Waals surface area contributed by atoms with Gasteiger partial charge in [-0.2, -0.15) is 0 Å². The number of sulfonamides is 1. The zero-order chi connectivity index (χ0) is 15.5. The Kier molecular flexibility index (Phi) is 5.55. The van der Waals surface area contributed by atoms with Crippen molar-refractivity contribution in [1.82, 2.24) is 4.31 Å². The largest absolute Gasteiger partial charge is 0.397 e. The molecule has 0 saturated carbocycles. The van der Waals surface area contributed by atoms with Gasteiger partial charge in [-0.25, -0.2) is 12.7 Å². The van der Waals surface area contributed by atoms with Crippen LogP contribution >= 0.6 is 0 Å². The van der Waals surface area contributed by atoms with Crippen LogP contribution in [0.5, 0.6) is 0 Å². The average Bonchev–Trinajstić information content (AvgIpc) is 2.36. The lowest BCUT2D eigenvalue weighted by Gasteiger charge is -2.16. The highest BCUT2D eigenvalue weighted by atomic mass is 32.2. The van der Waals surface area contributed by atoms with Gasteiger partial charge in [0.1, 0.15) is 0 Å². The van der Waals surface area contributed by atoms with Crippen LogP contribution in [-0.4, -0.2) is 49.1 Å². The maximum Gasteiger partial charge on any atom is 0.242 e. The van der Waals surface area contributed by atoms with Gasteiger partial charge >= 0.3 is 0 Å². The summed E-state index contributed by atoms with van der Waals surface area (Å²) in [6, 6.07) is 4.51. The molecule has 0 aliphatic rings. The lowest BCUT2D eigenvalue weighted by atomic mass is 10.2. The van der Waals surface area contributed by atoms with Crippen molar-refractivity contribution in [1.29, 1.82) is 0 Å². The maximum absolute atomic E-state index is 12.1. The molecule has 0 amide bonds. The van der Waals surface area contributed by atoms with Crippen LogP contribution in [0.3, 0.4) is 0 Å². The summed E-state index contributed by atoms with van der Waals surface area (Å²) in [4.78, 5) is 0.171. The van der Waals surface area contributed by atoms with Gasteiger partial charge < -0.3 is 11.1 Å². The van der Waals surface area contributed by atoms with E-state index in [9.17, 15) is 12.6 Å². The molecule has 0 heterocycles. The van der Waals surface area contributed by atoms with E-state index in [2.05, 4.69) is 5.32 Å². The number of anilines is 2. The predicted octanol–water partition coefficient (Wildman–Crippen LogP) is 0.698. The fourth-order valence-electron chi connectivity index (χ4n) is 1.43. The van der Waals surface area contributed by atoms with Crippen LogP contribution in [0, 0.1) is 0 Å². The third kappa shape index (κ3) is 3.94. The maximum atomic E-state index is 12.1. The van der Waals surface area contributed by atoms with Crippen molar-refractivity contribution in [3.8, 4) is 0 Å². The number of hydrogen-bond acceptors (Lipinski definition) is 5. The number of nitrogen functional groups attached to an aromatic ring is 1. The number of nitrogens with one attached hydrogen (secondary N) is 1. The van der Waals surface area contributed by atoms with E-state index in [0.717, 1.165) is 4.31 Å². The van der Waals surface area contributed by atoms with E-state index >= 15 is 0 Å². The minimum absolute atomic E-state index is 0.0523. The van der Waals surface area contributed by atoms with Crippen molar-refractivity contribution in [2.24, 2.45) is 0 Å². The first kappa shape index (κ1) is 16.9. The molecule has 0 fully saturated rings. The Hall–Kier alpha value is -1.12. The van der Waals surface area contributed by atoms with Gasteiger partial charge in [0.25, 0.3) is 0 Å². The van der Waals surface area contributed by atoms with E-state index in [4.69, 9.17) is 5.73 Å². The summed E-state index contributed by atoms with van der Waals surface area (Å²) in [5.41, 5.74) is 6.81. The molecule has 1 rings (SSSR count). The van der Waals surface area contributed by atoms with Crippen molar-refractivity contribution < 1.29 is 12.6 Å². The number of benzene rings is 1. The number of hydrogen-bond donors (Lipinski definition) is 2. The highest BCUT2D eigenvalue weighted by molar-refractivity contribution is 7.89. The SMILES string of the molecule is CC(CNc1cc(S(=O)(=O)N(C)C)ccc1N)S(C)=O. The lowest BCUT2D eigenvalue weighted by molar-refractivity contribution is 0.521. The molecule has 2 unspecified atom stereocenters. The molecule has 2 atom stereocenters. The van der Waals surface area contributed by atoms with E-state index in [1.807, 2.05) is 6.92 Å². The fraction of sp³-hybridized carbons (Fsp3) is 0.500. The van der Waals surface area contributed by atoms with Crippen LogP contribution in [0.2, 0.25) is 0 Å². The highest BCUT2D eigenvalue weighted by Crippen LogP contribution is 2.24. The summed E-state index contributed by atoms with van der Waals surface area (Å²) < 4.78 is 36.5. The van der Waals surface area contributed by atoms with Crippen molar-refractivity contribution in [2.75, 3.05) is 37.9 Å². The molecule has 1 aromatic rings. The second kappa shape index (κ2) is 6.55. The number of rotatable bonds is 6. The van der Waals surface area contributed by atoms with Gasteiger partial charge in [0.05, 0.1) is 16.3 Å². The summed E-state index contributed by atoms with van der Waals surface area (Å²) in [5, 5.41) is 2.99. The second-order valence-electron chi connectivity index (χ2n) is 4.73. The van der Waals surface area contributed by atoms with E-state index in [1.54, 1.807) is 12.3 Å². The minimum Gasteiger partial charge on any atom is -0.397 e. The van der Waals surface area contributed by atoms with Gasteiger partial charge in [-0.1, -0.05) is 0 Å². The molecule has 0 saturated heterocycles. The molecule has 8 heteroatoms.